The van der Waals surface area contributed by atoms with E-state index >= 15 is 0 Å². The number of nitro benzene ring substituents is 1. The van der Waals surface area contributed by atoms with Gasteiger partial charge in [0.05, 0.1) is 25.1 Å². The van der Waals surface area contributed by atoms with E-state index in [0.717, 1.165) is 35.2 Å². The van der Waals surface area contributed by atoms with Gasteiger partial charge in [-0.05, 0) is 42.0 Å². The van der Waals surface area contributed by atoms with E-state index in [1.165, 1.54) is 19.2 Å². The number of amides is 1. The van der Waals surface area contributed by atoms with Crippen LogP contribution >= 0.6 is 11.6 Å². The zero-order valence-corrected chi connectivity index (χ0v) is 21.9. The van der Waals surface area contributed by atoms with E-state index in [1.54, 1.807) is 24.3 Å². The molecule has 0 saturated carbocycles. The molecule has 1 unspecified atom stereocenters. The Balaban J connectivity index is 1.92. The van der Waals surface area contributed by atoms with Crippen molar-refractivity contribution in [1.82, 2.24) is 9.21 Å². The predicted octanol–water partition coefficient (Wildman–Crippen LogP) is 3.41. The number of sulfonamides is 1. The summed E-state index contributed by atoms with van der Waals surface area (Å²) >= 11 is 6.31. The van der Waals surface area contributed by atoms with Gasteiger partial charge in [-0.1, -0.05) is 35.9 Å². The molecule has 0 radical (unpaired) electrons. The molecule has 3 aromatic carbocycles. The van der Waals surface area contributed by atoms with Crippen LogP contribution < -0.4 is 4.74 Å². The number of para-hydroxylation sites is 1. The third-order valence-corrected chi connectivity index (χ3v) is 8.62. The van der Waals surface area contributed by atoms with Crippen LogP contribution in [0.5, 0.6) is 5.75 Å². The first kappa shape index (κ1) is 28.0. The molecule has 1 heterocycles. The predicted molar refractivity (Wildman–Crippen MR) is 136 cm³/mol. The van der Waals surface area contributed by atoms with Crippen LogP contribution in [0.15, 0.2) is 71.6 Å². The van der Waals surface area contributed by atoms with Gasteiger partial charge in [-0.3, -0.25) is 14.9 Å². The van der Waals surface area contributed by atoms with Crippen molar-refractivity contribution in [3.8, 4) is 5.75 Å². The number of hydrogen-bond acceptors (Lipinski definition) is 7. The van der Waals surface area contributed by atoms with Crippen LogP contribution in [-0.2, 0) is 31.7 Å². The number of rotatable bonds is 8. The molecule has 0 aromatic heterocycles. The first-order valence-corrected chi connectivity index (χ1v) is 13.1. The lowest BCUT2D eigenvalue weighted by Gasteiger charge is -2.47. The van der Waals surface area contributed by atoms with E-state index < -0.39 is 67.4 Å². The summed E-state index contributed by atoms with van der Waals surface area (Å²) in [6.45, 7) is -1.90. The Labute approximate surface area is 227 Å². The topological polar surface area (TPSA) is 147 Å². The maximum absolute atomic E-state index is 14.4. The summed E-state index contributed by atoms with van der Waals surface area (Å²) < 4.78 is 47.7. The third kappa shape index (κ3) is 5.03. The SMILES string of the molecule is COc1ccc(CN2CC(C(=O)O)(c3cc(F)ccc3Cl)N(S(=O)(=O)c3ccccc3[N+](=O)[O-])CC2=O)cc1. The lowest BCUT2D eigenvalue weighted by Crippen LogP contribution is -2.67. The van der Waals surface area contributed by atoms with Crippen LogP contribution in [-0.4, -0.2) is 59.7 Å². The minimum atomic E-state index is -5.04. The van der Waals surface area contributed by atoms with Crippen LogP contribution in [0.25, 0.3) is 0 Å². The first-order valence-electron chi connectivity index (χ1n) is 11.3. The van der Waals surface area contributed by atoms with Crippen molar-refractivity contribution < 1.29 is 37.2 Å². The minimum Gasteiger partial charge on any atom is -0.497 e. The van der Waals surface area contributed by atoms with Gasteiger partial charge in [0.15, 0.2) is 10.4 Å². The Bertz CT molecular complexity index is 1570. The lowest BCUT2D eigenvalue weighted by atomic mass is 9.87. The molecule has 14 heteroatoms. The number of carbonyl (C=O) groups is 2. The number of benzene rings is 3. The summed E-state index contributed by atoms with van der Waals surface area (Å²) in [7, 11) is -3.57. The number of carboxylic acids is 1. The smallest absolute Gasteiger partial charge is 0.331 e. The molecule has 3 aromatic rings. The Morgan fingerprint density at radius 3 is 2.46 bits per heavy atom. The average molecular weight is 578 g/mol. The van der Waals surface area contributed by atoms with Crippen LogP contribution in [0.1, 0.15) is 11.1 Å². The molecule has 1 amide bonds. The normalized spacial score (nSPS) is 18.1. The maximum atomic E-state index is 14.4. The molecule has 1 saturated heterocycles. The van der Waals surface area contributed by atoms with E-state index in [1.807, 2.05) is 0 Å². The Hall–Kier alpha value is -4.07. The van der Waals surface area contributed by atoms with Crippen molar-refractivity contribution in [3.63, 3.8) is 0 Å². The van der Waals surface area contributed by atoms with E-state index in [2.05, 4.69) is 0 Å². The van der Waals surface area contributed by atoms with Crippen LogP contribution in [0.3, 0.4) is 0 Å². The van der Waals surface area contributed by atoms with Crippen molar-refractivity contribution in [2.24, 2.45) is 0 Å². The Kier molecular flexibility index (Phi) is 7.59. The number of methoxy groups -OCH3 is 1. The number of aliphatic carboxylic acids is 1. The van der Waals surface area contributed by atoms with Gasteiger partial charge >= 0.3 is 5.97 Å². The lowest BCUT2D eigenvalue weighted by molar-refractivity contribution is -0.387. The molecule has 0 aliphatic carbocycles. The van der Waals surface area contributed by atoms with Gasteiger partial charge in [0, 0.05) is 23.2 Å². The van der Waals surface area contributed by atoms with Gasteiger partial charge in [-0.2, -0.15) is 4.31 Å². The first-order chi connectivity index (χ1) is 18.4. The van der Waals surface area contributed by atoms with E-state index in [4.69, 9.17) is 16.3 Å². The van der Waals surface area contributed by atoms with Crippen molar-refractivity contribution in [1.29, 1.82) is 0 Å². The van der Waals surface area contributed by atoms with Gasteiger partial charge in [-0.25, -0.2) is 17.6 Å². The molecule has 39 heavy (non-hydrogen) atoms. The number of carboxylic acid groups (broad SMARTS) is 1. The highest BCUT2D eigenvalue weighted by Gasteiger charge is 2.58. The molecule has 4 rings (SSSR count). The largest absolute Gasteiger partial charge is 0.497 e. The highest BCUT2D eigenvalue weighted by Crippen LogP contribution is 2.42. The number of piperazine rings is 1. The second kappa shape index (κ2) is 10.6. The fourth-order valence-electron chi connectivity index (χ4n) is 4.45. The quantitative estimate of drug-likeness (QED) is 0.316. The van der Waals surface area contributed by atoms with Crippen molar-refractivity contribution >= 4 is 39.2 Å². The molecule has 1 atom stereocenters. The fraction of sp³-hybridized carbons (Fsp3) is 0.200. The molecular weight excluding hydrogens is 557 g/mol. The van der Waals surface area contributed by atoms with Crippen molar-refractivity contribution in [3.05, 3.63) is 98.8 Å². The summed E-state index contributed by atoms with van der Waals surface area (Å²) in [5, 5.41) is 21.9. The Morgan fingerprint density at radius 2 is 1.85 bits per heavy atom. The van der Waals surface area contributed by atoms with Crippen molar-refractivity contribution in [2.45, 2.75) is 17.0 Å². The minimum absolute atomic E-state index is 0.121. The second-order valence-electron chi connectivity index (χ2n) is 8.62. The Morgan fingerprint density at radius 1 is 1.18 bits per heavy atom. The summed E-state index contributed by atoms with van der Waals surface area (Å²) in [6.07, 6.45) is 0. The van der Waals surface area contributed by atoms with Crippen LogP contribution in [0.2, 0.25) is 5.02 Å². The van der Waals surface area contributed by atoms with Gasteiger partial charge < -0.3 is 14.7 Å². The highest BCUT2D eigenvalue weighted by atomic mass is 35.5. The number of nitrogens with zero attached hydrogens (tertiary/aromatic N) is 3. The zero-order valence-electron chi connectivity index (χ0n) is 20.3. The van der Waals surface area contributed by atoms with Gasteiger partial charge in [0.25, 0.3) is 15.7 Å². The molecule has 1 fully saturated rings. The monoisotopic (exact) mass is 577 g/mol. The number of nitro groups is 1. The summed E-state index contributed by atoms with van der Waals surface area (Å²) in [5.74, 6) is -2.91. The van der Waals surface area contributed by atoms with E-state index in [9.17, 15) is 37.6 Å². The van der Waals surface area contributed by atoms with E-state index in [0.29, 0.717) is 15.6 Å². The van der Waals surface area contributed by atoms with Gasteiger partial charge in [0.1, 0.15) is 11.6 Å². The molecule has 204 valence electrons. The maximum Gasteiger partial charge on any atom is 0.331 e. The highest BCUT2D eigenvalue weighted by molar-refractivity contribution is 7.89. The summed E-state index contributed by atoms with van der Waals surface area (Å²) in [4.78, 5) is 37.3. The van der Waals surface area contributed by atoms with Crippen molar-refractivity contribution in [2.75, 3.05) is 20.2 Å². The molecule has 11 nitrogen and oxygen atoms in total. The standard InChI is InChI=1S/C25H21ClFN3O8S/c1-38-18-9-6-16(7-10-18)13-28-15-25(24(32)33,19-12-17(27)8-11-20(19)26)29(14-23(28)31)39(36,37)22-5-3-2-4-21(22)30(34)35/h2-12H,13-15H2,1H3,(H,32,33). The van der Waals surface area contributed by atoms with Crippen LogP contribution in [0, 0.1) is 15.9 Å². The third-order valence-electron chi connectivity index (χ3n) is 6.37. The molecule has 1 N–H and O–H groups in total. The number of carbonyl (C=O) groups excluding carboxylic acids is 1. The second-order valence-corrected chi connectivity index (χ2v) is 10.9. The molecule has 0 spiro atoms. The summed E-state index contributed by atoms with van der Waals surface area (Å²) in [6, 6.07) is 13.7. The number of hydrogen-bond donors (Lipinski definition) is 1. The number of ether oxygens (including phenoxy) is 1. The summed E-state index contributed by atoms with van der Waals surface area (Å²) in [5.41, 5.74) is -3.33. The van der Waals surface area contributed by atoms with E-state index in [-0.39, 0.29) is 11.6 Å². The molecule has 1 aliphatic heterocycles. The molecule has 1 aliphatic rings. The van der Waals surface area contributed by atoms with Gasteiger partial charge in [-0.15, -0.1) is 0 Å². The zero-order chi connectivity index (χ0) is 28.5. The fourth-order valence-corrected chi connectivity index (χ4v) is 6.55. The number of halogens is 2. The van der Waals surface area contributed by atoms with Crippen LogP contribution in [0.4, 0.5) is 10.1 Å². The molecular formula is C25H21ClFN3O8S. The van der Waals surface area contributed by atoms with Gasteiger partial charge in [0.2, 0.25) is 5.91 Å². The molecule has 0 bridgehead atoms. The average Bonchev–Trinajstić information content (AvgIpc) is 2.91.